The van der Waals surface area contributed by atoms with Crippen molar-refractivity contribution in [3.8, 4) is 0 Å². The number of nitrogens with zero attached hydrogens (tertiary/aromatic N) is 2. The Morgan fingerprint density at radius 1 is 0.545 bits per heavy atom. The summed E-state index contributed by atoms with van der Waals surface area (Å²) in [6.45, 7) is 1.21. The maximum atomic E-state index is 5.90. The van der Waals surface area contributed by atoms with E-state index in [-0.39, 0.29) is 16.5 Å². The summed E-state index contributed by atoms with van der Waals surface area (Å²) in [5.41, 5.74) is 3.89. The quantitative estimate of drug-likeness (QED) is 0.176. The van der Waals surface area contributed by atoms with Gasteiger partial charge in [-0.1, -0.05) is 107 Å². The van der Waals surface area contributed by atoms with Crippen LogP contribution in [0.2, 0.25) is 10.0 Å². The molecule has 0 N–H and O–H groups in total. The molecule has 0 heterocycles. The van der Waals surface area contributed by atoms with Gasteiger partial charge in [0.2, 0.25) is 0 Å². The Morgan fingerprint density at radius 3 is 1.30 bits per heavy atom. The maximum Gasteiger partial charge on any atom is 0.0408 e. The minimum atomic E-state index is 0. The van der Waals surface area contributed by atoms with Crippen LogP contribution in [-0.2, 0) is 54.8 Å². The summed E-state index contributed by atoms with van der Waals surface area (Å²) in [6, 6.07) is 30.7. The first-order valence-corrected chi connectivity index (χ1v) is 11.4. The van der Waals surface area contributed by atoms with E-state index < -0.39 is 0 Å². The molecule has 0 aliphatic rings. The summed E-state index contributed by atoms with van der Waals surface area (Å²) in [5, 5.41) is 10.4. The zero-order valence-corrected chi connectivity index (χ0v) is 21.6. The molecule has 0 aromatic heterocycles. The third-order valence-electron chi connectivity index (χ3n) is 4.37. The van der Waals surface area contributed by atoms with Crippen molar-refractivity contribution in [1.29, 1.82) is 0 Å². The third-order valence-corrected chi connectivity index (χ3v) is 5.53. The number of hydrogen-bond acceptors (Lipinski definition) is 2. The van der Waals surface area contributed by atoms with E-state index in [1.807, 2.05) is 97.1 Å². The molecule has 7 heteroatoms. The van der Waals surface area contributed by atoms with Crippen molar-refractivity contribution in [3.63, 3.8) is 0 Å². The molecule has 0 bridgehead atoms. The van der Waals surface area contributed by atoms with E-state index >= 15 is 0 Å². The van der Waals surface area contributed by atoms with E-state index in [4.69, 9.17) is 48.5 Å². The minimum Gasteiger partial charge on any atom is -0.781 e. The molecule has 0 aliphatic heterocycles. The summed E-state index contributed by atoms with van der Waals surface area (Å²) >= 11 is 22.1. The Bertz CT molecular complexity index is 1070. The average molecular weight is 554 g/mol. The molecule has 2 nitrogen and oxygen atoms in total. The molecule has 174 valence electrons. The van der Waals surface area contributed by atoms with Crippen LogP contribution in [-0.4, -0.2) is 0 Å². The second-order valence-electron chi connectivity index (χ2n) is 6.83. The number of hydrogen-bond donors (Lipinski definition) is 0. The SMILES string of the molecule is [Ni].[S-]c1ccccc1[N-]Cc1cccc(Cl)c1.[S-]c1ccccc1[N-]Cc1cccc(Cl)c1. The first kappa shape index (κ1) is 27.2. The van der Waals surface area contributed by atoms with E-state index in [1.54, 1.807) is 0 Å². The van der Waals surface area contributed by atoms with Gasteiger partial charge in [0.25, 0.3) is 0 Å². The van der Waals surface area contributed by atoms with Crippen LogP contribution in [0.1, 0.15) is 11.1 Å². The van der Waals surface area contributed by atoms with Crippen molar-refractivity contribution in [2.75, 3.05) is 0 Å². The van der Waals surface area contributed by atoms with Gasteiger partial charge in [0.05, 0.1) is 0 Å². The molecule has 4 aromatic rings. The molecule has 0 amide bonds. The van der Waals surface area contributed by atoms with Crippen molar-refractivity contribution in [3.05, 3.63) is 129 Å². The predicted octanol–water partition coefficient (Wildman–Crippen LogP) is 8.90. The van der Waals surface area contributed by atoms with Gasteiger partial charge in [0, 0.05) is 26.5 Å². The van der Waals surface area contributed by atoms with Crippen molar-refractivity contribution >= 4 is 59.8 Å². The van der Waals surface area contributed by atoms with Crippen molar-refractivity contribution in [1.82, 2.24) is 0 Å². The maximum absolute atomic E-state index is 5.90. The van der Waals surface area contributed by atoms with Gasteiger partial charge in [-0.2, -0.15) is 21.2 Å². The summed E-state index contributed by atoms with van der Waals surface area (Å²) in [6.07, 6.45) is 0. The van der Waals surface area contributed by atoms with Crippen LogP contribution in [0.15, 0.2) is 107 Å². The van der Waals surface area contributed by atoms with Gasteiger partial charge in [-0.25, -0.2) is 0 Å². The van der Waals surface area contributed by atoms with E-state index in [2.05, 4.69) is 10.6 Å². The van der Waals surface area contributed by atoms with Gasteiger partial charge in [-0.05, 0) is 24.3 Å². The summed E-state index contributed by atoms with van der Waals surface area (Å²) < 4.78 is 0. The largest absolute Gasteiger partial charge is 0.781 e. The predicted molar refractivity (Wildman–Crippen MR) is 140 cm³/mol. The molecule has 0 saturated carbocycles. The van der Waals surface area contributed by atoms with Gasteiger partial charge in [0.15, 0.2) is 0 Å². The van der Waals surface area contributed by atoms with Gasteiger partial charge in [0.1, 0.15) is 0 Å². The second-order valence-corrected chi connectivity index (χ2v) is 8.58. The Kier molecular flexibility index (Phi) is 11.8. The number of para-hydroxylation sites is 2. The molecule has 0 fully saturated rings. The minimum absolute atomic E-state index is 0. The number of rotatable bonds is 6. The monoisotopic (exact) mass is 552 g/mol. The van der Waals surface area contributed by atoms with Crippen LogP contribution in [0.4, 0.5) is 11.4 Å². The van der Waals surface area contributed by atoms with E-state index in [0.29, 0.717) is 13.1 Å². The molecule has 0 spiro atoms. The zero-order chi connectivity index (χ0) is 22.8. The first-order chi connectivity index (χ1) is 15.5. The van der Waals surface area contributed by atoms with Gasteiger partial charge in [-0.3, -0.25) is 0 Å². The van der Waals surface area contributed by atoms with E-state index in [1.165, 1.54) is 0 Å². The van der Waals surface area contributed by atoms with Crippen LogP contribution >= 0.6 is 23.2 Å². The average Bonchev–Trinajstić information content (AvgIpc) is 2.79. The molecule has 0 saturated heterocycles. The normalized spacial score (nSPS) is 9.76. The Labute approximate surface area is 226 Å². The Morgan fingerprint density at radius 2 is 0.939 bits per heavy atom. The molecule has 0 unspecified atom stereocenters. The van der Waals surface area contributed by atoms with Crippen LogP contribution in [0, 0.1) is 0 Å². The fourth-order valence-corrected chi connectivity index (χ4v) is 3.65. The van der Waals surface area contributed by atoms with Crippen molar-refractivity contribution in [2.45, 2.75) is 22.9 Å². The standard InChI is InChI=1S/2C13H11ClNS.Ni/c2*14-11-5-3-4-10(8-11)9-15-12-6-1-2-7-13(12)16;/h2*1-8,16H,9H2;/q2*-1;/p-2. The summed E-state index contributed by atoms with van der Waals surface area (Å²) in [5.74, 6) is 0. The Balaban J connectivity index is 0.000000227. The Hall–Kier alpha value is -2.01. The zero-order valence-electron chi connectivity index (χ0n) is 17.4. The van der Waals surface area contributed by atoms with Gasteiger partial charge in [-0.15, -0.1) is 13.1 Å². The van der Waals surface area contributed by atoms with Crippen LogP contribution in [0.3, 0.4) is 0 Å². The molecule has 4 aromatic carbocycles. The molecule has 0 radical (unpaired) electrons. The van der Waals surface area contributed by atoms with E-state index in [0.717, 1.165) is 42.3 Å². The molecular weight excluding hydrogens is 534 g/mol. The first-order valence-electron chi connectivity index (χ1n) is 9.87. The van der Waals surface area contributed by atoms with E-state index in [9.17, 15) is 0 Å². The summed E-state index contributed by atoms with van der Waals surface area (Å²) in [7, 11) is 0. The molecule has 33 heavy (non-hydrogen) atoms. The fraction of sp³-hybridized carbons (Fsp3) is 0.0769. The second kappa shape index (κ2) is 14.3. The smallest absolute Gasteiger partial charge is 0.0408 e. The molecule has 4 rings (SSSR count). The number of benzene rings is 4. The topological polar surface area (TPSA) is 28.2 Å². The van der Waals surface area contributed by atoms with Gasteiger partial charge < -0.3 is 35.9 Å². The van der Waals surface area contributed by atoms with Crippen molar-refractivity contribution < 1.29 is 16.5 Å². The van der Waals surface area contributed by atoms with Crippen molar-refractivity contribution in [2.24, 2.45) is 0 Å². The fourth-order valence-electron chi connectivity index (χ4n) is 2.80. The molecule has 0 atom stereocenters. The third kappa shape index (κ3) is 9.40. The van der Waals surface area contributed by atoms with Crippen LogP contribution < -0.4 is 0 Å². The summed E-state index contributed by atoms with van der Waals surface area (Å²) in [4.78, 5) is 1.56. The van der Waals surface area contributed by atoms with Gasteiger partial charge >= 0.3 is 0 Å². The van der Waals surface area contributed by atoms with Crippen LogP contribution in [0.5, 0.6) is 0 Å². The molecular formula is C26H20Cl2N2NiS2-4. The molecule has 0 aliphatic carbocycles. The number of halogens is 2. The van der Waals surface area contributed by atoms with Crippen LogP contribution in [0.25, 0.3) is 10.6 Å².